The van der Waals surface area contributed by atoms with Crippen molar-refractivity contribution in [2.75, 3.05) is 13.2 Å². The van der Waals surface area contributed by atoms with Gasteiger partial charge in [0.05, 0.1) is 13.2 Å². The van der Waals surface area contributed by atoms with E-state index in [0.717, 1.165) is 0 Å². The Morgan fingerprint density at radius 2 is 0.686 bits per heavy atom. The summed E-state index contributed by atoms with van der Waals surface area (Å²) in [6, 6.07) is 0. The highest BCUT2D eigenvalue weighted by Crippen LogP contribution is 2.38. The molecule has 10 atom stereocenters. The molecule has 0 unspecified atom stereocenters. The van der Waals surface area contributed by atoms with Crippen LogP contribution in [0, 0.1) is 0 Å². The molecule has 0 aromatic carbocycles. The van der Waals surface area contributed by atoms with Gasteiger partial charge in [0, 0.05) is 0 Å². The Kier molecular flexibility index (Phi) is 16.7. The second-order valence-corrected chi connectivity index (χ2v) is 52.4. The van der Waals surface area contributed by atoms with Gasteiger partial charge in [0.15, 0.2) is 70.8 Å². The topological polar surface area (TPSA) is 113 Å². The van der Waals surface area contributed by atoms with Gasteiger partial charge in [-0.2, -0.15) is 0 Å². The zero-order chi connectivity index (χ0) is 39.8. The highest BCUT2D eigenvalue weighted by atomic mass is 28.4. The van der Waals surface area contributed by atoms with Crippen LogP contribution in [-0.4, -0.2) is 138 Å². The van der Waals surface area contributed by atoms with Crippen molar-refractivity contribution < 1.29 is 50.3 Å². The van der Waals surface area contributed by atoms with E-state index < -0.39 is 120 Å². The van der Waals surface area contributed by atoms with Crippen molar-refractivity contribution in [2.24, 2.45) is 0 Å². The Bertz CT molecular complexity index is 1070. The minimum absolute atomic E-state index is 0.229. The smallest absolute Gasteiger partial charge is 0.186 e. The molecule has 0 saturated carbocycles. The summed E-state index contributed by atoms with van der Waals surface area (Å²) in [5, 5.41) is 11.5. The highest BCUT2D eigenvalue weighted by molar-refractivity contribution is 6.72. The minimum Gasteiger partial charge on any atom is -0.415 e. The molecule has 0 radical (unpaired) electrons. The van der Waals surface area contributed by atoms with E-state index in [4.69, 9.17) is 45.2 Å². The monoisotopic (exact) mass is 846 g/mol. The fraction of sp³-hybridized carbons (Fsp3) is 1.00. The number of rotatable bonds is 18. The van der Waals surface area contributed by atoms with Crippen molar-refractivity contribution in [2.45, 2.75) is 199 Å². The first-order valence-electron chi connectivity index (χ1n) is 18.8. The third-order valence-electron chi connectivity index (χ3n) is 7.30. The second-order valence-electron chi connectivity index (χ2n) is 21.0. The van der Waals surface area contributed by atoms with Gasteiger partial charge in [0.25, 0.3) is 0 Å². The van der Waals surface area contributed by atoms with Crippen LogP contribution in [0.2, 0.25) is 137 Å². The molecule has 304 valence electrons. The van der Waals surface area contributed by atoms with Crippen molar-refractivity contribution in [1.82, 2.24) is 0 Å². The Morgan fingerprint density at radius 3 is 1.06 bits per heavy atom. The van der Waals surface area contributed by atoms with E-state index >= 15 is 0 Å². The number of aliphatic hydroxyl groups excluding tert-OH is 1. The number of hydrogen-bond donors (Lipinski definition) is 1. The van der Waals surface area contributed by atoms with Crippen LogP contribution in [-0.2, 0) is 45.2 Å². The van der Waals surface area contributed by atoms with Crippen LogP contribution >= 0.6 is 0 Å². The normalized spacial score (nSPS) is 32.4. The molecule has 2 rings (SSSR count). The van der Waals surface area contributed by atoms with E-state index in [1.54, 1.807) is 0 Å². The van der Waals surface area contributed by atoms with Gasteiger partial charge in [-0.1, -0.05) is 0 Å². The third-order valence-corrected chi connectivity index (χ3v) is 14.3. The van der Waals surface area contributed by atoms with Crippen molar-refractivity contribution in [3.05, 3.63) is 0 Å². The third kappa shape index (κ3) is 18.3. The molecule has 0 aromatic heterocycles. The van der Waals surface area contributed by atoms with Gasteiger partial charge in [0.1, 0.15) is 48.8 Å². The molecule has 1 N–H and O–H groups in total. The number of aliphatic hydroxyl groups is 1. The van der Waals surface area contributed by atoms with Gasteiger partial charge in [-0.05, 0) is 137 Å². The molecule has 11 nitrogen and oxygen atoms in total. The highest BCUT2D eigenvalue weighted by Gasteiger charge is 2.56. The lowest BCUT2D eigenvalue weighted by atomic mass is 9.97. The molecule has 18 heteroatoms. The summed E-state index contributed by atoms with van der Waals surface area (Å²) >= 11 is 0. The summed E-state index contributed by atoms with van der Waals surface area (Å²) < 4.78 is 68.5. The Labute approximate surface area is 319 Å². The zero-order valence-electron chi connectivity index (χ0n) is 36.2. The summed E-state index contributed by atoms with van der Waals surface area (Å²) in [5.41, 5.74) is 0. The number of ether oxygens (including phenoxy) is 3. The first-order valence-corrected chi connectivity index (χ1v) is 42.7. The molecule has 0 aliphatic carbocycles. The Balaban J connectivity index is 2.83. The first kappa shape index (κ1) is 48.2. The van der Waals surface area contributed by atoms with Crippen LogP contribution in [0.15, 0.2) is 0 Å². The summed E-state index contributed by atoms with van der Waals surface area (Å²) in [5.74, 6) is 0. The van der Waals surface area contributed by atoms with Crippen LogP contribution < -0.4 is 0 Å². The molecule has 51 heavy (non-hydrogen) atoms. The van der Waals surface area contributed by atoms with Crippen LogP contribution in [0.1, 0.15) is 0 Å². The molecule has 0 spiro atoms. The predicted octanol–water partition coefficient (Wildman–Crippen LogP) is 7.62. The predicted molar refractivity (Wildman–Crippen MR) is 224 cm³/mol. The van der Waals surface area contributed by atoms with Gasteiger partial charge in [-0.15, -0.1) is 0 Å². The SMILES string of the molecule is C[Si](C)(C)OC[C@H]1O[C@@H](O[C@H]2[C@H](O[Si](C)(C)C)[C@H](O[Si](C)(C)C)[C@H](O)O[C@@H]2CO[Si](C)(C)C)[C@H](O[Si](C)(C)C)[C@@H](O[Si](C)(C)C)[C@H]1O[Si](C)(C)C. The maximum Gasteiger partial charge on any atom is 0.186 e. The van der Waals surface area contributed by atoms with Crippen molar-refractivity contribution >= 4 is 58.2 Å². The largest absolute Gasteiger partial charge is 0.415 e. The standard InChI is InChI=1S/C33H78O11Si7/c1-45(2,3)35-22-24-26(28(41-48(10,11)12)30(32(34)37-24)43-50(16,17)18)39-33-31(44-51(19,20)21)29(42-49(13,14)15)27(40-47(7,8)9)25(38-33)23-36-46(4,5)6/h24-34H,22-23H2,1-21H3/t24-,25-,26-,27+,28+,29+,30+,31-,32-,33+/m1/s1. The van der Waals surface area contributed by atoms with E-state index in [1.807, 2.05) is 0 Å². The molecule has 0 amide bonds. The summed E-state index contributed by atoms with van der Waals surface area (Å²) in [7, 11) is -14.9. The maximum absolute atomic E-state index is 11.5. The molecule has 2 heterocycles. The lowest BCUT2D eigenvalue weighted by Crippen LogP contribution is -2.69. The quantitative estimate of drug-likeness (QED) is 0.138. The molecule has 2 saturated heterocycles. The summed E-state index contributed by atoms with van der Waals surface area (Å²) in [6.07, 6.45) is -6.86. The molecule has 0 aromatic rings. The lowest BCUT2D eigenvalue weighted by molar-refractivity contribution is -0.346. The van der Waals surface area contributed by atoms with Gasteiger partial charge in [0.2, 0.25) is 0 Å². The van der Waals surface area contributed by atoms with E-state index in [1.165, 1.54) is 0 Å². The van der Waals surface area contributed by atoms with Gasteiger partial charge in [-0.3, -0.25) is 0 Å². The van der Waals surface area contributed by atoms with Gasteiger partial charge >= 0.3 is 0 Å². The van der Waals surface area contributed by atoms with Crippen molar-refractivity contribution in [3.8, 4) is 0 Å². The van der Waals surface area contributed by atoms with Gasteiger partial charge < -0.3 is 50.3 Å². The van der Waals surface area contributed by atoms with Crippen LogP contribution in [0.25, 0.3) is 0 Å². The van der Waals surface area contributed by atoms with E-state index in [9.17, 15) is 5.11 Å². The average Bonchev–Trinajstić information content (AvgIpc) is 2.84. The zero-order valence-corrected chi connectivity index (χ0v) is 43.2. The van der Waals surface area contributed by atoms with E-state index in [-0.39, 0.29) is 6.61 Å². The average molecular weight is 848 g/mol. The van der Waals surface area contributed by atoms with Crippen LogP contribution in [0.4, 0.5) is 0 Å². The fourth-order valence-corrected chi connectivity index (χ4v) is 12.6. The molecule has 2 aliphatic rings. The fourth-order valence-electron chi connectivity index (χ4n) is 5.84. The first-order chi connectivity index (χ1) is 22.5. The van der Waals surface area contributed by atoms with Crippen LogP contribution in [0.3, 0.4) is 0 Å². The van der Waals surface area contributed by atoms with E-state index in [2.05, 4.69) is 137 Å². The van der Waals surface area contributed by atoms with Crippen molar-refractivity contribution in [1.29, 1.82) is 0 Å². The molecule has 2 aliphatic heterocycles. The van der Waals surface area contributed by atoms with E-state index in [0.29, 0.717) is 6.61 Å². The Morgan fingerprint density at radius 1 is 0.373 bits per heavy atom. The molecular weight excluding hydrogens is 769 g/mol. The molecule has 0 bridgehead atoms. The second kappa shape index (κ2) is 17.7. The number of hydrogen-bond acceptors (Lipinski definition) is 11. The molecular formula is C33H78O11Si7. The van der Waals surface area contributed by atoms with Gasteiger partial charge in [-0.25, -0.2) is 0 Å². The molecule has 2 fully saturated rings. The Hall–Kier alpha value is 1.08. The maximum atomic E-state index is 11.5. The summed E-state index contributed by atoms with van der Waals surface area (Å²) in [6.45, 7) is 45.9. The van der Waals surface area contributed by atoms with Crippen LogP contribution in [0.5, 0.6) is 0 Å². The lowest BCUT2D eigenvalue weighted by Gasteiger charge is -2.53. The summed E-state index contributed by atoms with van der Waals surface area (Å²) in [4.78, 5) is 0. The van der Waals surface area contributed by atoms with Crippen molar-refractivity contribution in [3.63, 3.8) is 0 Å². The minimum atomic E-state index is -2.23.